The lowest BCUT2D eigenvalue weighted by molar-refractivity contribution is -0.00529. The first-order valence-electron chi connectivity index (χ1n) is 8.27. The zero-order valence-electron chi connectivity index (χ0n) is 14.2. The molecule has 0 aliphatic carbocycles. The number of alkyl halides is 1. The third-order valence-electron chi connectivity index (χ3n) is 4.31. The highest BCUT2D eigenvalue weighted by Crippen LogP contribution is 2.61. The maximum atomic E-state index is 14.8. The van der Waals surface area contributed by atoms with Gasteiger partial charge in [-0.15, -0.1) is 16.3 Å². The first kappa shape index (κ1) is 19.4. The quantitative estimate of drug-likeness (QED) is 0.629. The van der Waals surface area contributed by atoms with Gasteiger partial charge in [0.05, 0.1) is 5.25 Å². The van der Waals surface area contributed by atoms with Gasteiger partial charge in [-0.2, -0.15) is 19.3 Å². The Morgan fingerprint density at radius 1 is 1.32 bits per heavy atom. The molecule has 0 radical (unpaired) electrons. The van der Waals surface area contributed by atoms with Crippen LogP contribution in [0.15, 0.2) is 47.4 Å². The van der Waals surface area contributed by atoms with Crippen molar-refractivity contribution >= 4 is 31.7 Å². The second-order valence-electron chi connectivity index (χ2n) is 6.19. The number of thioether (sulfide) groups is 1. The third-order valence-corrected chi connectivity index (χ3v) is 6.84. The molecule has 0 spiro atoms. The summed E-state index contributed by atoms with van der Waals surface area (Å²) in [5, 5.41) is 1.07. The Labute approximate surface area is 163 Å². The fourth-order valence-electron chi connectivity index (χ4n) is 2.99. The van der Waals surface area contributed by atoms with E-state index >= 15 is 0 Å². The molecular weight excluding hydrogens is 412 g/mol. The van der Waals surface area contributed by atoms with Gasteiger partial charge in [-0.3, -0.25) is 9.36 Å². The van der Waals surface area contributed by atoms with Crippen molar-refractivity contribution in [3.63, 3.8) is 0 Å². The molecule has 148 valence electrons. The zero-order valence-corrected chi connectivity index (χ0v) is 15.9. The Morgan fingerprint density at radius 3 is 2.79 bits per heavy atom. The zero-order chi connectivity index (χ0) is 19.9. The number of nitrogens with one attached hydrogen (secondary N) is 1. The summed E-state index contributed by atoms with van der Waals surface area (Å²) in [6.45, 7) is -0.0968. The molecule has 9 nitrogen and oxygen atoms in total. The number of halogens is 1. The Kier molecular flexibility index (Phi) is 5.21. The molecule has 1 aromatic carbocycles. The van der Waals surface area contributed by atoms with Crippen LogP contribution in [0.4, 0.5) is 10.2 Å². The lowest BCUT2D eigenvalue weighted by Gasteiger charge is -2.24. The van der Waals surface area contributed by atoms with Crippen LogP contribution in [0, 0.1) is 0 Å². The molecule has 1 amide bonds. The summed E-state index contributed by atoms with van der Waals surface area (Å²) < 4.78 is 25.6. The van der Waals surface area contributed by atoms with Gasteiger partial charge in [0, 0.05) is 11.8 Å². The Hall–Kier alpha value is -1.88. The maximum Gasteiger partial charge on any atom is 0.570 e. The first-order chi connectivity index (χ1) is 13.3. The molecule has 2 aliphatic rings. The second kappa shape index (κ2) is 7.51. The summed E-state index contributed by atoms with van der Waals surface area (Å²) in [6.07, 6.45) is -1.43. The summed E-state index contributed by atoms with van der Waals surface area (Å²) in [4.78, 5) is 47.3. The number of benzene rings is 1. The summed E-state index contributed by atoms with van der Waals surface area (Å²) in [5.41, 5.74) is -0.343. The number of fused-ring (bicyclic) bond motifs is 1. The minimum absolute atomic E-state index is 0.0427. The number of rotatable bonds is 3. The summed E-state index contributed by atoms with van der Waals surface area (Å²) in [6, 6.07) is 9.82. The van der Waals surface area contributed by atoms with E-state index < -0.39 is 42.7 Å². The van der Waals surface area contributed by atoms with E-state index in [1.807, 2.05) is 0 Å². The van der Waals surface area contributed by atoms with Crippen LogP contribution in [-0.2, 0) is 9.05 Å². The van der Waals surface area contributed by atoms with Crippen molar-refractivity contribution in [3.05, 3.63) is 58.6 Å². The molecule has 12 heteroatoms. The number of carbonyl (C=O) groups is 1. The largest absolute Gasteiger partial charge is 0.570 e. The fraction of sp³-hybridized carbons (Fsp3) is 0.312. The van der Waals surface area contributed by atoms with E-state index in [0.717, 1.165) is 16.3 Å². The van der Waals surface area contributed by atoms with Gasteiger partial charge in [-0.1, -0.05) is 18.2 Å². The van der Waals surface area contributed by atoms with E-state index in [-0.39, 0.29) is 12.4 Å². The van der Waals surface area contributed by atoms with Crippen LogP contribution >= 0.6 is 19.9 Å². The van der Waals surface area contributed by atoms with Crippen molar-refractivity contribution in [2.75, 3.05) is 11.9 Å². The maximum absolute atomic E-state index is 14.8. The van der Waals surface area contributed by atoms with Crippen molar-refractivity contribution in [3.8, 4) is 0 Å². The van der Waals surface area contributed by atoms with E-state index in [9.17, 15) is 23.8 Å². The van der Waals surface area contributed by atoms with Crippen LogP contribution in [-0.4, -0.2) is 49.4 Å². The van der Waals surface area contributed by atoms with Crippen molar-refractivity contribution in [1.82, 2.24) is 9.55 Å². The van der Waals surface area contributed by atoms with Gasteiger partial charge in [0.15, 0.2) is 12.3 Å². The Balaban J connectivity index is 1.51. The highest BCUT2D eigenvalue weighted by atomic mass is 32.2. The summed E-state index contributed by atoms with van der Waals surface area (Å²) >= 11 is 1.09. The minimum atomic E-state index is -4.03. The van der Waals surface area contributed by atoms with E-state index in [2.05, 4.69) is 10.3 Å². The monoisotopic (exact) mass is 428 g/mol. The molecule has 0 bridgehead atoms. The van der Waals surface area contributed by atoms with Crippen LogP contribution in [0.3, 0.4) is 0 Å². The predicted molar refractivity (Wildman–Crippen MR) is 100 cm³/mol. The molecule has 2 aliphatic heterocycles. The van der Waals surface area contributed by atoms with Gasteiger partial charge in [-0.05, 0) is 18.2 Å². The lowest BCUT2D eigenvalue weighted by Crippen LogP contribution is -2.38. The van der Waals surface area contributed by atoms with Gasteiger partial charge in [0.25, 0.3) is 5.91 Å². The van der Waals surface area contributed by atoms with Crippen LogP contribution in [0.1, 0.15) is 15.7 Å². The fourth-order valence-corrected chi connectivity index (χ4v) is 5.63. The van der Waals surface area contributed by atoms with Crippen LogP contribution in [0.25, 0.3) is 0 Å². The van der Waals surface area contributed by atoms with E-state index in [1.54, 1.807) is 30.3 Å². The van der Waals surface area contributed by atoms with Crippen LogP contribution < -0.4 is 11.0 Å². The van der Waals surface area contributed by atoms with E-state index in [1.165, 1.54) is 12.3 Å². The van der Waals surface area contributed by atoms with Crippen molar-refractivity contribution < 1.29 is 28.0 Å². The Bertz CT molecular complexity index is 945. The predicted octanol–water partition coefficient (Wildman–Crippen LogP) is 1.53. The van der Waals surface area contributed by atoms with Gasteiger partial charge >= 0.3 is 13.9 Å². The van der Waals surface area contributed by atoms with Gasteiger partial charge in [-0.25, -0.2) is 9.18 Å². The van der Waals surface area contributed by atoms with Gasteiger partial charge in [0.1, 0.15) is 17.8 Å². The third kappa shape index (κ3) is 3.82. The molecule has 0 unspecified atom stereocenters. The minimum Gasteiger partial charge on any atom is -0.306 e. The smallest absolute Gasteiger partial charge is 0.306 e. The average Bonchev–Trinajstić information content (AvgIpc) is 2.97. The average molecular weight is 428 g/mol. The lowest BCUT2D eigenvalue weighted by atomic mass is 10.1. The molecule has 28 heavy (non-hydrogen) atoms. The molecule has 2 aromatic rings. The van der Waals surface area contributed by atoms with Crippen molar-refractivity contribution in [2.45, 2.75) is 22.9 Å². The highest BCUT2D eigenvalue weighted by molar-refractivity contribution is 8.00. The molecule has 3 N–H and O–H groups in total. The number of hydrogen-bond donors (Lipinski definition) is 3. The van der Waals surface area contributed by atoms with Crippen LogP contribution in [0.5, 0.6) is 0 Å². The number of amides is 1. The topological polar surface area (TPSA) is 123 Å². The van der Waals surface area contributed by atoms with Crippen molar-refractivity contribution in [2.24, 2.45) is 0 Å². The SMILES string of the molecule is O=C(Nc1ccn([C@@H]2S[C@@H]3CO[P+](O)(O)O[C@H]3[C@@H]2F)c(=O)n1)c1ccccc1. The molecule has 1 aromatic heterocycles. The second-order valence-corrected chi connectivity index (χ2v) is 9.00. The number of anilines is 1. The molecular formula is C16H16FN3O6PS+. The standard InChI is InChI=1S/C16H15FN3O6PS/c17-12-13-10(8-25-27(23,24)26-13)28-15(12)20-7-6-11(19-16(20)22)18-14(21)9-4-2-1-3-5-9/h1-7,10,12-13,15,23-24H,8H2/p+1/t10-,12+,13-,15-/m1/s1. The first-order valence-corrected chi connectivity index (χ1v) is 10.7. The highest BCUT2D eigenvalue weighted by Gasteiger charge is 2.59. The molecule has 2 saturated heterocycles. The number of nitrogens with zero attached hydrogens (tertiary/aromatic N) is 2. The normalized spacial score (nSPS) is 28.5. The summed E-state index contributed by atoms with van der Waals surface area (Å²) in [7, 11) is -4.03. The van der Waals surface area contributed by atoms with Crippen molar-refractivity contribution in [1.29, 1.82) is 0 Å². The van der Waals surface area contributed by atoms with Crippen LogP contribution in [0.2, 0.25) is 0 Å². The Morgan fingerprint density at radius 2 is 2.07 bits per heavy atom. The number of aromatic nitrogens is 2. The molecule has 0 saturated carbocycles. The van der Waals surface area contributed by atoms with E-state index in [4.69, 9.17) is 9.05 Å². The van der Waals surface area contributed by atoms with Gasteiger partial charge < -0.3 is 5.32 Å². The van der Waals surface area contributed by atoms with Gasteiger partial charge in [0.2, 0.25) is 0 Å². The molecule has 2 fully saturated rings. The summed E-state index contributed by atoms with van der Waals surface area (Å²) in [5.74, 6) is -0.382. The molecule has 3 heterocycles. The van der Waals surface area contributed by atoms with E-state index in [0.29, 0.717) is 5.56 Å². The number of hydrogen-bond acceptors (Lipinski definition) is 8. The molecule has 4 rings (SSSR count). The number of carbonyl (C=O) groups excluding carboxylic acids is 1. The molecule has 4 atom stereocenters.